The molecule has 28 heavy (non-hydrogen) atoms. The van der Waals surface area contributed by atoms with Gasteiger partial charge in [0.05, 0.1) is 31.9 Å². The average Bonchev–Trinajstić information content (AvgIpc) is 3.12. The zero-order valence-corrected chi connectivity index (χ0v) is 15.3. The van der Waals surface area contributed by atoms with Crippen LogP contribution in [0.1, 0.15) is 24.0 Å². The van der Waals surface area contributed by atoms with E-state index in [1.165, 1.54) is 6.21 Å². The maximum atomic E-state index is 11.8. The summed E-state index contributed by atoms with van der Waals surface area (Å²) in [5.74, 6) is 0.620. The molecule has 3 rings (SSSR count). The van der Waals surface area contributed by atoms with E-state index in [-0.39, 0.29) is 24.7 Å². The van der Waals surface area contributed by atoms with E-state index in [0.717, 1.165) is 11.1 Å². The monoisotopic (exact) mass is 380 g/mol. The Labute approximate surface area is 162 Å². The molecule has 0 aliphatic carbocycles. The summed E-state index contributed by atoms with van der Waals surface area (Å²) in [7, 11) is 1.56. The first-order valence-electron chi connectivity index (χ1n) is 8.65. The number of hydrazone groups is 2. The number of benzene rings is 2. The molecule has 1 aliphatic rings. The predicted octanol–water partition coefficient (Wildman–Crippen LogP) is 1.99. The van der Waals surface area contributed by atoms with E-state index >= 15 is 0 Å². The Balaban J connectivity index is 1.54. The third kappa shape index (κ3) is 5.41. The van der Waals surface area contributed by atoms with Crippen molar-refractivity contribution < 1.29 is 19.1 Å². The summed E-state index contributed by atoms with van der Waals surface area (Å²) in [6.07, 6.45) is 1.66. The fraction of sp³-hybridized carbons (Fsp3) is 0.200. The Hall–Kier alpha value is -3.68. The number of amides is 2. The molecule has 2 aromatic carbocycles. The molecular weight excluding hydrogens is 360 g/mol. The quantitative estimate of drug-likeness (QED) is 0.540. The van der Waals surface area contributed by atoms with Gasteiger partial charge in [-0.3, -0.25) is 9.59 Å². The van der Waals surface area contributed by atoms with Gasteiger partial charge in [0.2, 0.25) is 11.8 Å². The van der Waals surface area contributed by atoms with Crippen LogP contribution in [-0.2, 0) is 16.2 Å². The Bertz CT molecular complexity index is 910. The van der Waals surface area contributed by atoms with E-state index in [9.17, 15) is 9.59 Å². The van der Waals surface area contributed by atoms with Crippen molar-refractivity contribution in [2.24, 2.45) is 10.2 Å². The normalized spacial score (nSPS) is 13.2. The Kier molecular flexibility index (Phi) is 6.35. The molecule has 0 bridgehead atoms. The van der Waals surface area contributed by atoms with Gasteiger partial charge in [-0.15, -0.1) is 0 Å². The van der Waals surface area contributed by atoms with Crippen LogP contribution in [-0.4, -0.2) is 30.9 Å². The molecule has 144 valence electrons. The van der Waals surface area contributed by atoms with Crippen LogP contribution in [0.5, 0.6) is 11.5 Å². The Morgan fingerprint density at radius 2 is 2.07 bits per heavy atom. The van der Waals surface area contributed by atoms with Crippen molar-refractivity contribution in [3.8, 4) is 11.5 Å². The third-order valence-electron chi connectivity index (χ3n) is 3.90. The first-order chi connectivity index (χ1) is 13.6. The second-order valence-corrected chi connectivity index (χ2v) is 6.04. The van der Waals surface area contributed by atoms with Gasteiger partial charge in [-0.1, -0.05) is 30.3 Å². The minimum Gasteiger partial charge on any atom is -0.493 e. The van der Waals surface area contributed by atoms with Crippen LogP contribution < -0.4 is 20.3 Å². The lowest BCUT2D eigenvalue weighted by Gasteiger charge is -2.11. The number of ether oxygens (including phenoxy) is 2. The van der Waals surface area contributed by atoms with Gasteiger partial charge in [0, 0.05) is 0 Å². The van der Waals surface area contributed by atoms with E-state index in [4.69, 9.17) is 9.47 Å². The van der Waals surface area contributed by atoms with Crippen LogP contribution in [0.15, 0.2) is 58.7 Å². The fourth-order valence-electron chi connectivity index (χ4n) is 2.53. The SMILES string of the molecule is COc1cc(/C=N\NC(=O)CC2=NNC(=O)C2)ccc1OCc1ccccc1. The summed E-state index contributed by atoms with van der Waals surface area (Å²) in [4.78, 5) is 22.8. The molecule has 0 unspecified atom stereocenters. The van der Waals surface area contributed by atoms with E-state index < -0.39 is 0 Å². The number of methoxy groups -OCH3 is 1. The van der Waals surface area contributed by atoms with Crippen LogP contribution in [0.2, 0.25) is 0 Å². The number of nitrogens with one attached hydrogen (secondary N) is 2. The first kappa shape index (κ1) is 19.1. The van der Waals surface area contributed by atoms with E-state index in [2.05, 4.69) is 21.1 Å². The molecule has 8 heteroatoms. The van der Waals surface area contributed by atoms with Crippen molar-refractivity contribution >= 4 is 23.7 Å². The van der Waals surface area contributed by atoms with Gasteiger partial charge in [0.15, 0.2) is 11.5 Å². The van der Waals surface area contributed by atoms with Gasteiger partial charge in [0.25, 0.3) is 0 Å². The van der Waals surface area contributed by atoms with Gasteiger partial charge in [0.1, 0.15) is 6.61 Å². The zero-order valence-electron chi connectivity index (χ0n) is 15.3. The number of rotatable bonds is 8. The standard InChI is InChI=1S/C20H20N4O4/c1-27-18-9-15(7-8-17(18)28-13-14-5-3-2-4-6-14)12-21-23-19(25)10-16-11-20(26)24-22-16/h2-9,12H,10-11,13H2,1H3,(H,23,25)(H,24,26)/b21-12-. The topological polar surface area (TPSA) is 101 Å². The molecule has 0 fully saturated rings. The smallest absolute Gasteiger partial charge is 0.245 e. The van der Waals surface area contributed by atoms with E-state index in [1.54, 1.807) is 19.2 Å². The molecule has 2 aromatic rings. The Morgan fingerprint density at radius 3 is 2.79 bits per heavy atom. The minimum absolute atomic E-state index is 0.0195. The average molecular weight is 380 g/mol. The van der Waals surface area contributed by atoms with E-state index in [1.807, 2.05) is 36.4 Å². The minimum atomic E-state index is -0.346. The summed E-state index contributed by atoms with van der Waals surface area (Å²) in [6.45, 7) is 0.432. The highest BCUT2D eigenvalue weighted by Gasteiger charge is 2.17. The molecule has 0 saturated heterocycles. The van der Waals surface area contributed by atoms with Crippen molar-refractivity contribution in [2.75, 3.05) is 7.11 Å². The molecule has 0 aromatic heterocycles. The predicted molar refractivity (Wildman–Crippen MR) is 104 cm³/mol. The summed E-state index contributed by atoms with van der Waals surface area (Å²) >= 11 is 0. The number of nitrogens with zero attached hydrogens (tertiary/aromatic N) is 2. The number of carbonyl (C=O) groups is 2. The van der Waals surface area contributed by atoms with Gasteiger partial charge in [-0.25, -0.2) is 10.9 Å². The molecule has 0 spiro atoms. The lowest BCUT2D eigenvalue weighted by atomic mass is 10.2. The molecule has 2 N–H and O–H groups in total. The molecule has 0 radical (unpaired) electrons. The van der Waals surface area contributed by atoms with Crippen molar-refractivity contribution in [1.82, 2.24) is 10.9 Å². The summed E-state index contributed by atoms with van der Waals surface area (Å²) in [6, 6.07) is 15.2. The highest BCUT2D eigenvalue weighted by Crippen LogP contribution is 2.28. The number of hydrogen-bond acceptors (Lipinski definition) is 6. The highest BCUT2D eigenvalue weighted by atomic mass is 16.5. The summed E-state index contributed by atoms with van der Waals surface area (Å²) in [5, 5.41) is 7.69. The van der Waals surface area contributed by atoms with E-state index in [0.29, 0.717) is 23.8 Å². The van der Waals surface area contributed by atoms with Gasteiger partial charge < -0.3 is 9.47 Å². The summed E-state index contributed by atoms with van der Waals surface area (Å²) < 4.78 is 11.2. The van der Waals surface area contributed by atoms with Crippen molar-refractivity contribution in [3.05, 3.63) is 59.7 Å². The first-order valence-corrected chi connectivity index (χ1v) is 8.65. The Morgan fingerprint density at radius 1 is 1.25 bits per heavy atom. The van der Waals surface area contributed by atoms with Crippen LogP contribution in [0, 0.1) is 0 Å². The van der Waals surface area contributed by atoms with Gasteiger partial charge in [-0.05, 0) is 29.3 Å². The van der Waals surface area contributed by atoms with Crippen molar-refractivity contribution in [2.45, 2.75) is 19.4 Å². The van der Waals surface area contributed by atoms with Crippen LogP contribution in [0.3, 0.4) is 0 Å². The van der Waals surface area contributed by atoms with Crippen molar-refractivity contribution in [1.29, 1.82) is 0 Å². The fourth-order valence-corrected chi connectivity index (χ4v) is 2.53. The van der Waals surface area contributed by atoms with Crippen LogP contribution in [0.4, 0.5) is 0 Å². The largest absolute Gasteiger partial charge is 0.493 e. The maximum Gasteiger partial charge on any atom is 0.245 e. The summed E-state index contributed by atoms with van der Waals surface area (Å²) in [5.41, 5.74) is 6.99. The van der Waals surface area contributed by atoms with Gasteiger partial charge >= 0.3 is 0 Å². The number of hydrogen-bond donors (Lipinski definition) is 2. The zero-order chi connectivity index (χ0) is 19.8. The lowest BCUT2D eigenvalue weighted by Crippen LogP contribution is -2.20. The van der Waals surface area contributed by atoms with Crippen LogP contribution in [0.25, 0.3) is 0 Å². The molecule has 1 heterocycles. The second-order valence-electron chi connectivity index (χ2n) is 6.04. The van der Waals surface area contributed by atoms with Crippen LogP contribution >= 0.6 is 0 Å². The molecule has 8 nitrogen and oxygen atoms in total. The van der Waals surface area contributed by atoms with Gasteiger partial charge in [-0.2, -0.15) is 10.2 Å². The molecule has 1 aliphatic heterocycles. The maximum absolute atomic E-state index is 11.8. The molecule has 2 amide bonds. The third-order valence-corrected chi connectivity index (χ3v) is 3.90. The molecular formula is C20H20N4O4. The lowest BCUT2D eigenvalue weighted by molar-refractivity contribution is -0.119. The molecule has 0 saturated carbocycles. The second kappa shape index (κ2) is 9.31. The molecule has 0 atom stereocenters. The number of carbonyl (C=O) groups excluding carboxylic acids is 2. The van der Waals surface area contributed by atoms with Crippen molar-refractivity contribution in [3.63, 3.8) is 0 Å². The highest BCUT2D eigenvalue weighted by molar-refractivity contribution is 6.11.